The lowest BCUT2D eigenvalue weighted by atomic mass is 10.0. The lowest BCUT2D eigenvalue weighted by molar-refractivity contribution is 0.548. The summed E-state index contributed by atoms with van der Waals surface area (Å²) >= 11 is 13.6. The highest BCUT2D eigenvalue weighted by Gasteiger charge is 2.19. The summed E-state index contributed by atoms with van der Waals surface area (Å²) in [6.45, 7) is 3.04. The normalized spacial score (nSPS) is 12.9. The fourth-order valence-electron chi connectivity index (χ4n) is 1.69. The third-order valence-corrected chi connectivity index (χ3v) is 3.99. The van der Waals surface area contributed by atoms with Gasteiger partial charge < -0.3 is 9.73 Å². The average Bonchev–Trinajstić information content (AvgIpc) is 2.90. The predicted octanol–water partition coefficient (Wildman–Crippen LogP) is 4.74. The van der Waals surface area contributed by atoms with Crippen molar-refractivity contribution in [3.05, 3.63) is 44.5 Å². The second-order valence-corrected chi connectivity index (χ2v) is 6.01. The second kappa shape index (κ2) is 5.91. The quantitative estimate of drug-likeness (QED) is 0.860. The molecule has 1 atom stereocenters. The van der Waals surface area contributed by atoms with Gasteiger partial charge in [0.2, 0.25) is 0 Å². The molecule has 0 saturated heterocycles. The van der Waals surface area contributed by atoms with Crippen molar-refractivity contribution in [1.82, 2.24) is 5.32 Å². The van der Waals surface area contributed by atoms with Crippen LogP contribution in [0.4, 0.5) is 0 Å². The Labute approximate surface area is 115 Å². The van der Waals surface area contributed by atoms with E-state index in [2.05, 4.69) is 12.2 Å². The number of hydrogen-bond donors (Lipinski definition) is 1. The van der Waals surface area contributed by atoms with Gasteiger partial charge in [-0.15, -0.1) is 11.3 Å². The first-order valence-corrected chi connectivity index (χ1v) is 6.99. The molecule has 2 aromatic rings. The Morgan fingerprint density at radius 2 is 2.29 bits per heavy atom. The van der Waals surface area contributed by atoms with Crippen LogP contribution in [-0.2, 0) is 0 Å². The van der Waals surface area contributed by atoms with E-state index < -0.39 is 0 Å². The Morgan fingerprint density at radius 3 is 2.82 bits per heavy atom. The zero-order chi connectivity index (χ0) is 12.3. The molecule has 0 aliphatic carbocycles. The van der Waals surface area contributed by atoms with Gasteiger partial charge in [0.05, 0.1) is 27.2 Å². The van der Waals surface area contributed by atoms with Crippen molar-refractivity contribution >= 4 is 34.5 Å². The van der Waals surface area contributed by atoms with E-state index in [-0.39, 0.29) is 6.04 Å². The van der Waals surface area contributed by atoms with Crippen LogP contribution in [-0.4, -0.2) is 6.54 Å². The van der Waals surface area contributed by atoms with Gasteiger partial charge in [-0.25, -0.2) is 0 Å². The molecule has 0 radical (unpaired) electrons. The molecule has 2 rings (SSSR count). The first-order valence-electron chi connectivity index (χ1n) is 5.42. The molecule has 1 unspecified atom stereocenters. The van der Waals surface area contributed by atoms with Crippen molar-refractivity contribution in [3.8, 4) is 0 Å². The molecule has 1 N–H and O–H groups in total. The van der Waals surface area contributed by atoms with Crippen LogP contribution in [0.15, 0.2) is 29.1 Å². The lowest BCUT2D eigenvalue weighted by Gasteiger charge is -2.16. The number of furan rings is 1. The zero-order valence-corrected chi connectivity index (χ0v) is 11.7. The summed E-state index contributed by atoms with van der Waals surface area (Å²) in [4.78, 5) is 0. The minimum Gasteiger partial charge on any atom is -0.472 e. The van der Waals surface area contributed by atoms with Gasteiger partial charge in [0.25, 0.3) is 0 Å². The summed E-state index contributed by atoms with van der Waals surface area (Å²) in [7, 11) is 0. The van der Waals surface area contributed by atoms with Gasteiger partial charge in [0, 0.05) is 11.1 Å². The number of hydrogen-bond acceptors (Lipinski definition) is 3. The second-order valence-electron chi connectivity index (χ2n) is 3.72. The first-order chi connectivity index (χ1) is 8.22. The average molecular weight is 290 g/mol. The monoisotopic (exact) mass is 289 g/mol. The molecule has 0 spiro atoms. The number of rotatable bonds is 5. The van der Waals surface area contributed by atoms with Crippen LogP contribution in [0.25, 0.3) is 0 Å². The molecule has 0 bridgehead atoms. The molecule has 0 aliphatic rings. The smallest absolute Gasteiger partial charge is 0.0995 e. The Bertz CT molecular complexity index is 467. The molecule has 0 saturated carbocycles. The van der Waals surface area contributed by atoms with Crippen molar-refractivity contribution in [2.45, 2.75) is 19.4 Å². The molecule has 0 amide bonds. The Morgan fingerprint density at radius 1 is 1.47 bits per heavy atom. The topological polar surface area (TPSA) is 25.2 Å². The number of thiophene rings is 1. The molecule has 2 heterocycles. The molecule has 0 aromatic carbocycles. The largest absolute Gasteiger partial charge is 0.472 e. The third-order valence-electron chi connectivity index (χ3n) is 2.47. The van der Waals surface area contributed by atoms with Crippen molar-refractivity contribution < 1.29 is 4.42 Å². The summed E-state index contributed by atoms with van der Waals surface area (Å²) in [6, 6.07) is 3.90. The van der Waals surface area contributed by atoms with Crippen LogP contribution >= 0.6 is 34.5 Å². The summed E-state index contributed by atoms with van der Waals surface area (Å²) < 4.78 is 6.56. The van der Waals surface area contributed by atoms with Crippen LogP contribution in [0.5, 0.6) is 0 Å². The van der Waals surface area contributed by atoms with Gasteiger partial charge in [-0.2, -0.15) is 0 Å². The highest BCUT2D eigenvalue weighted by molar-refractivity contribution is 7.20. The van der Waals surface area contributed by atoms with Gasteiger partial charge >= 0.3 is 0 Å². The van der Waals surface area contributed by atoms with Crippen LogP contribution < -0.4 is 5.32 Å². The maximum atomic E-state index is 6.20. The standard InChI is InChI=1S/C12H13Cl2NOS/c1-2-4-15-11(8-3-5-16-7-8)9-6-10(13)17-12(9)14/h3,5-7,11,15H,2,4H2,1H3. The molecule has 2 nitrogen and oxygen atoms in total. The van der Waals surface area contributed by atoms with Crippen molar-refractivity contribution in [2.75, 3.05) is 6.54 Å². The van der Waals surface area contributed by atoms with E-state index in [0.717, 1.165) is 28.4 Å². The zero-order valence-electron chi connectivity index (χ0n) is 9.37. The maximum absolute atomic E-state index is 6.20. The van der Waals surface area contributed by atoms with Gasteiger partial charge in [-0.05, 0) is 25.1 Å². The number of nitrogens with one attached hydrogen (secondary N) is 1. The molecule has 92 valence electrons. The van der Waals surface area contributed by atoms with E-state index in [4.69, 9.17) is 27.6 Å². The van der Waals surface area contributed by atoms with E-state index in [1.54, 1.807) is 12.5 Å². The van der Waals surface area contributed by atoms with Gasteiger partial charge in [-0.1, -0.05) is 30.1 Å². The molecular formula is C12H13Cl2NOS. The van der Waals surface area contributed by atoms with Crippen LogP contribution in [0.2, 0.25) is 8.67 Å². The lowest BCUT2D eigenvalue weighted by Crippen LogP contribution is -2.22. The summed E-state index contributed by atoms with van der Waals surface area (Å²) in [5, 5.41) is 3.45. The summed E-state index contributed by atoms with van der Waals surface area (Å²) in [6.07, 6.45) is 4.46. The maximum Gasteiger partial charge on any atom is 0.0995 e. The molecule has 5 heteroatoms. The summed E-state index contributed by atoms with van der Waals surface area (Å²) in [5.74, 6) is 0. The van der Waals surface area contributed by atoms with Crippen LogP contribution in [0.3, 0.4) is 0 Å². The van der Waals surface area contributed by atoms with Gasteiger partial charge in [-0.3, -0.25) is 0 Å². The van der Waals surface area contributed by atoms with E-state index in [9.17, 15) is 0 Å². The predicted molar refractivity (Wildman–Crippen MR) is 73.2 cm³/mol. The SMILES string of the molecule is CCCNC(c1ccoc1)c1cc(Cl)sc1Cl. The van der Waals surface area contributed by atoms with Crippen LogP contribution in [0.1, 0.15) is 30.5 Å². The van der Waals surface area contributed by atoms with E-state index in [1.165, 1.54) is 11.3 Å². The minimum atomic E-state index is 0.0462. The fraction of sp³-hybridized carbons (Fsp3) is 0.333. The van der Waals surface area contributed by atoms with Gasteiger partial charge in [0.1, 0.15) is 0 Å². The molecule has 17 heavy (non-hydrogen) atoms. The van der Waals surface area contributed by atoms with Crippen molar-refractivity contribution in [1.29, 1.82) is 0 Å². The minimum absolute atomic E-state index is 0.0462. The van der Waals surface area contributed by atoms with E-state index in [1.807, 2.05) is 12.1 Å². The first kappa shape index (κ1) is 13.0. The Balaban J connectivity index is 2.30. The Kier molecular flexibility index (Phi) is 4.51. The highest BCUT2D eigenvalue weighted by atomic mass is 35.5. The molecular weight excluding hydrogens is 277 g/mol. The number of halogens is 2. The van der Waals surface area contributed by atoms with E-state index >= 15 is 0 Å². The third kappa shape index (κ3) is 3.05. The van der Waals surface area contributed by atoms with Crippen molar-refractivity contribution in [3.63, 3.8) is 0 Å². The highest BCUT2D eigenvalue weighted by Crippen LogP contribution is 2.37. The summed E-state index contributed by atoms with van der Waals surface area (Å²) in [5.41, 5.74) is 2.08. The fourth-order valence-corrected chi connectivity index (χ4v) is 3.22. The molecule has 2 aromatic heterocycles. The van der Waals surface area contributed by atoms with Crippen molar-refractivity contribution in [2.24, 2.45) is 0 Å². The van der Waals surface area contributed by atoms with Crippen LogP contribution in [0, 0.1) is 0 Å². The van der Waals surface area contributed by atoms with E-state index in [0.29, 0.717) is 4.34 Å². The van der Waals surface area contributed by atoms with Gasteiger partial charge in [0.15, 0.2) is 0 Å². The molecule has 0 fully saturated rings. The Hall–Kier alpha value is -0.480. The molecule has 0 aliphatic heterocycles.